The number of hydrogen-bond donors (Lipinski definition) is 1. The quantitative estimate of drug-likeness (QED) is 0.698. The summed E-state index contributed by atoms with van der Waals surface area (Å²) in [5, 5.41) is 8.65. The second kappa shape index (κ2) is 4.44. The van der Waals surface area contributed by atoms with Crippen LogP contribution in [0.25, 0.3) is 0 Å². The van der Waals surface area contributed by atoms with E-state index in [0.717, 1.165) is 0 Å². The maximum absolute atomic E-state index is 11.5. The van der Waals surface area contributed by atoms with Gasteiger partial charge in [-0.2, -0.15) is 0 Å². The molecule has 0 bridgehead atoms. The molecule has 0 aromatic heterocycles. The molecular weight excluding hydrogens is 182 g/mol. The highest BCUT2D eigenvalue weighted by atomic mass is 16.4. The molecule has 0 aromatic carbocycles. The molecule has 0 fully saturated rings. The van der Waals surface area contributed by atoms with Gasteiger partial charge in [0.1, 0.15) is 5.92 Å². The Kier molecular flexibility index (Phi) is 4.10. The fourth-order valence-electron chi connectivity index (χ4n) is 1.23. The van der Waals surface area contributed by atoms with E-state index in [-0.39, 0.29) is 11.3 Å². The molecular formula is C10H19NO3. The summed E-state index contributed by atoms with van der Waals surface area (Å²) in [6.07, 6.45) is 0. The summed E-state index contributed by atoms with van der Waals surface area (Å²) < 4.78 is 0. The van der Waals surface area contributed by atoms with Gasteiger partial charge in [0.15, 0.2) is 0 Å². The zero-order valence-corrected chi connectivity index (χ0v) is 9.50. The lowest BCUT2D eigenvalue weighted by Gasteiger charge is -2.27. The Labute approximate surface area is 84.9 Å². The van der Waals surface area contributed by atoms with Gasteiger partial charge in [-0.1, -0.05) is 20.8 Å². The van der Waals surface area contributed by atoms with Crippen LogP contribution >= 0.6 is 0 Å². The van der Waals surface area contributed by atoms with Crippen molar-refractivity contribution in [3.63, 3.8) is 0 Å². The van der Waals surface area contributed by atoms with E-state index < -0.39 is 11.9 Å². The van der Waals surface area contributed by atoms with Crippen molar-refractivity contribution in [3.05, 3.63) is 0 Å². The van der Waals surface area contributed by atoms with Crippen molar-refractivity contribution in [2.24, 2.45) is 11.3 Å². The number of carboxylic acid groups (broad SMARTS) is 1. The van der Waals surface area contributed by atoms with E-state index in [4.69, 9.17) is 5.11 Å². The number of carbonyl (C=O) groups is 2. The summed E-state index contributed by atoms with van der Waals surface area (Å²) >= 11 is 0. The summed E-state index contributed by atoms with van der Waals surface area (Å²) in [7, 11) is 1.63. The Balaban J connectivity index is 4.33. The van der Waals surface area contributed by atoms with Crippen molar-refractivity contribution in [2.45, 2.75) is 27.7 Å². The first-order valence-electron chi connectivity index (χ1n) is 4.63. The maximum atomic E-state index is 11.5. The molecule has 0 aliphatic rings. The van der Waals surface area contributed by atoms with Gasteiger partial charge in [0.05, 0.1) is 0 Å². The van der Waals surface area contributed by atoms with Gasteiger partial charge in [0, 0.05) is 13.6 Å². The number of aliphatic carboxylic acids is 1. The lowest BCUT2D eigenvalue weighted by Crippen LogP contribution is -2.39. The summed E-state index contributed by atoms with van der Waals surface area (Å²) in [4.78, 5) is 23.5. The first kappa shape index (κ1) is 12.9. The van der Waals surface area contributed by atoms with Crippen molar-refractivity contribution in [1.29, 1.82) is 0 Å². The van der Waals surface area contributed by atoms with E-state index >= 15 is 0 Å². The van der Waals surface area contributed by atoms with Crippen LogP contribution in [0.3, 0.4) is 0 Å². The monoisotopic (exact) mass is 201 g/mol. The molecule has 0 rings (SSSR count). The van der Waals surface area contributed by atoms with Crippen LogP contribution in [-0.2, 0) is 9.59 Å². The fraction of sp³-hybridized carbons (Fsp3) is 0.800. The van der Waals surface area contributed by atoms with Crippen molar-refractivity contribution in [1.82, 2.24) is 4.90 Å². The molecule has 0 heterocycles. The van der Waals surface area contributed by atoms with E-state index in [1.54, 1.807) is 7.05 Å². The lowest BCUT2D eigenvalue weighted by atomic mass is 9.95. The van der Waals surface area contributed by atoms with Crippen LogP contribution in [0.1, 0.15) is 27.7 Å². The first-order valence-corrected chi connectivity index (χ1v) is 4.63. The molecule has 4 nitrogen and oxygen atoms in total. The Morgan fingerprint density at radius 3 is 2.07 bits per heavy atom. The molecule has 0 saturated carbocycles. The molecule has 1 amide bonds. The van der Waals surface area contributed by atoms with Gasteiger partial charge in [0.2, 0.25) is 5.91 Å². The highest BCUT2D eigenvalue weighted by molar-refractivity contribution is 5.96. The predicted octanol–water partition coefficient (Wildman–Crippen LogP) is 1.21. The summed E-state index contributed by atoms with van der Waals surface area (Å²) in [5.41, 5.74) is -0.0113. The first-order chi connectivity index (χ1) is 6.15. The highest BCUT2D eigenvalue weighted by Crippen LogP contribution is 2.15. The molecule has 0 aliphatic heterocycles. The molecule has 82 valence electrons. The third kappa shape index (κ3) is 4.25. The summed E-state index contributed by atoms with van der Waals surface area (Å²) in [5.74, 6) is -2.37. The van der Waals surface area contributed by atoms with Crippen LogP contribution in [-0.4, -0.2) is 35.5 Å². The van der Waals surface area contributed by atoms with Crippen molar-refractivity contribution in [2.75, 3.05) is 13.6 Å². The Morgan fingerprint density at radius 2 is 1.79 bits per heavy atom. The van der Waals surface area contributed by atoms with Gasteiger partial charge in [-0.3, -0.25) is 9.59 Å². The average molecular weight is 201 g/mol. The number of nitrogens with zero attached hydrogens (tertiary/aromatic N) is 1. The number of amides is 1. The van der Waals surface area contributed by atoms with Crippen molar-refractivity contribution < 1.29 is 14.7 Å². The molecule has 0 aromatic rings. The van der Waals surface area contributed by atoms with E-state index in [9.17, 15) is 9.59 Å². The molecule has 0 spiro atoms. The average Bonchev–Trinajstić information content (AvgIpc) is 1.98. The SMILES string of the molecule is CC(C(=O)O)C(=O)N(C)CC(C)(C)C. The highest BCUT2D eigenvalue weighted by Gasteiger charge is 2.26. The standard InChI is InChI=1S/C10H19NO3/c1-7(9(13)14)8(12)11(5)6-10(2,3)4/h7H,6H2,1-5H3,(H,13,14). The van der Waals surface area contributed by atoms with Crippen molar-refractivity contribution >= 4 is 11.9 Å². The van der Waals surface area contributed by atoms with Gasteiger partial charge in [-0.05, 0) is 12.3 Å². The minimum absolute atomic E-state index is 0.0113. The molecule has 0 radical (unpaired) electrons. The normalized spacial score (nSPS) is 13.5. The van der Waals surface area contributed by atoms with Crippen LogP contribution < -0.4 is 0 Å². The second-order valence-electron chi connectivity index (χ2n) is 4.81. The third-order valence-electron chi connectivity index (χ3n) is 1.83. The van der Waals surface area contributed by atoms with Gasteiger partial charge < -0.3 is 10.0 Å². The zero-order chi connectivity index (χ0) is 11.5. The molecule has 0 saturated heterocycles. The molecule has 1 atom stereocenters. The molecule has 14 heavy (non-hydrogen) atoms. The van der Waals surface area contributed by atoms with Gasteiger partial charge in [-0.15, -0.1) is 0 Å². The molecule has 1 unspecified atom stereocenters. The van der Waals surface area contributed by atoms with E-state index in [1.807, 2.05) is 20.8 Å². The number of carboxylic acids is 1. The Bertz CT molecular complexity index is 230. The Morgan fingerprint density at radius 1 is 1.36 bits per heavy atom. The van der Waals surface area contributed by atoms with E-state index in [1.165, 1.54) is 11.8 Å². The van der Waals surface area contributed by atoms with Gasteiger partial charge in [-0.25, -0.2) is 0 Å². The van der Waals surface area contributed by atoms with E-state index in [0.29, 0.717) is 6.54 Å². The third-order valence-corrected chi connectivity index (χ3v) is 1.83. The molecule has 4 heteroatoms. The van der Waals surface area contributed by atoms with Crippen LogP contribution in [0.5, 0.6) is 0 Å². The lowest BCUT2D eigenvalue weighted by molar-refractivity contribution is -0.150. The predicted molar refractivity (Wildman–Crippen MR) is 53.9 cm³/mol. The largest absolute Gasteiger partial charge is 0.481 e. The number of rotatable bonds is 3. The van der Waals surface area contributed by atoms with Crippen LogP contribution in [0, 0.1) is 11.3 Å². The molecule has 0 aliphatic carbocycles. The van der Waals surface area contributed by atoms with Crippen molar-refractivity contribution in [3.8, 4) is 0 Å². The zero-order valence-electron chi connectivity index (χ0n) is 9.50. The minimum atomic E-state index is -1.07. The number of carbonyl (C=O) groups excluding carboxylic acids is 1. The van der Waals surface area contributed by atoms with Crippen LogP contribution in [0.4, 0.5) is 0 Å². The van der Waals surface area contributed by atoms with Gasteiger partial charge in [0.25, 0.3) is 0 Å². The fourth-order valence-corrected chi connectivity index (χ4v) is 1.23. The smallest absolute Gasteiger partial charge is 0.315 e. The second-order valence-corrected chi connectivity index (χ2v) is 4.81. The molecule has 1 N–H and O–H groups in total. The van der Waals surface area contributed by atoms with Crippen LogP contribution in [0.15, 0.2) is 0 Å². The van der Waals surface area contributed by atoms with Gasteiger partial charge >= 0.3 is 5.97 Å². The Hall–Kier alpha value is -1.06. The summed E-state index contributed by atoms with van der Waals surface area (Å²) in [6, 6.07) is 0. The summed E-state index contributed by atoms with van der Waals surface area (Å²) in [6.45, 7) is 7.97. The van der Waals surface area contributed by atoms with E-state index in [2.05, 4.69) is 0 Å². The maximum Gasteiger partial charge on any atom is 0.315 e. The minimum Gasteiger partial charge on any atom is -0.481 e. The topological polar surface area (TPSA) is 57.6 Å². The van der Waals surface area contributed by atoms with Crippen LogP contribution in [0.2, 0.25) is 0 Å². The number of hydrogen-bond acceptors (Lipinski definition) is 2.